The Labute approximate surface area is 94.0 Å². The monoisotopic (exact) mass is 224 g/mol. The summed E-state index contributed by atoms with van der Waals surface area (Å²) in [5.41, 5.74) is 7.97. The predicted octanol–water partition coefficient (Wildman–Crippen LogP) is 0.169. The maximum absolute atomic E-state index is 11.4. The zero-order valence-electron chi connectivity index (χ0n) is 9.56. The Bertz CT molecular complexity index is 413. The van der Waals surface area contributed by atoms with E-state index in [9.17, 15) is 4.79 Å². The SMILES string of the molecule is COC(=O)N1CCc2nn(C)c(N)c2CC1. The van der Waals surface area contributed by atoms with Crippen molar-refractivity contribution in [2.24, 2.45) is 7.05 Å². The van der Waals surface area contributed by atoms with Crippen molar-refractivity contribution in [3.05, 3.63) is 11.3 Å². The van der Waals surface area contributed by atoms with Gasteiger partial charge in [0.05, 0.1) is 12.8 Å². The first-order valence-electron chi connectivity index (χ1n) is 5.26. The summed E-state index contributed by atoms with van der Waals surface area (Å²) in [6.07, 6.45) is 1.19. The van der Waals surface area contributed by atoms with Gasteiger partial charge in [-0.2, -0.15) is 5.10 Å². The number of rotatable bonds is 0. The molecule has 0 spiro atoms. The first-order chi connectivity index (χ1) is 7.63. The number of anilines is 1. The number of aromatic nitrogens is 2. The van der Waals surface area contributed by atoms with E-state index in [1.807, 2.05) is 7.05 Å². The normalized spacial score (nSPS) is 15.5. The Morgan fingerprint density at radius 2 is 2.12 bits per heavy atom. The van der Waals surface area contributed by atoms with Gasteiger partial charge in [0.1, 0.15) is 5.82 Å². The minimum atomic E-state index is -0.284. The third-order valence-electron chi connectivity index (χ3n) is 2.96. The molecule has 2 heterocycles. The second-order valence-corrected chi connectivity index (χ2v) is 3.89. The Morgan fingerprint density at radius 1 is 1.44 bits per heavy atom. The van der Waals surface area contributed by atoms with Crippen molar-refractivity contribution in [2.45, 2.75) is 12.8 Å². The lowest BCUT2D eigenvalue weighted by Gasteiger charge is -2.18. The molecule has 0 aromatic carbocycles. The molecule has 0 saturated carbocycles. The van der Waals surface area contributed by atoms with Crippen LogP contribution in [0.1, 0.15) is 11.3 Å². The minimum Gasteiger partial charge on any atom is -0.453 e. The molecular formula is C10H16N4O2. The van der Waals surface area contributed by atoms with Crippen LogP contribution in [0.5, 0.6) is 0 Å². The molecule has 1 aromatic rings. The summed E-state index contributed by atoms with van der Waals surface area (Å²) < 4.78 is 6.40. The molecule has 0 atom stereocenters. The van der Waals surface area contributed by atoms with Crippen molar-refractivity contribution in [3.8, 4) is 0 Å². The Kier molecular flexibility index (Phi) is 2.72. The summed E-state index contributed by atoms with van der Waals surface area (Å²) in [5, 5.41) is 4.34. The van der Waals surface area contributed by atoms with Gasteiger partial charge >= 0.3 is 6.09 Å². The molecule has 1 aromatic heterocycles. The van der Waals surface area contributed by atoms with Crippen molar-refractivity contribution in [1.82, 2.24) is 14.7 Å². The lowest BCUT2D eigenvalue weighted by atomic mass is 10.1. The zero-order valence-corrected chi connectivity index (χ0v) is 9.56. The van der Waals surface area contributed by atoms with Gasteiger partial charge in [0, 0.05) is 32.1 Å². The number of hydrogen-bond acceptors (Lipinski definition) is 4. The summed E-state index contributed by atoms with van der Waals surface area (Å²) in [5.74, 6) is 0.696. The van der Waals surface area contributed by atoms with Crippen LogP contribution in [0.25, 0.3) is 0 Å². The molecule has 0 fully saturated rings. The molecule has 88 valence electrons. The number of nitrogens with two attached hydrogens (primary N) is 1. The molecule has 0 radical (unpaired) electrons. The molecule has 6 nitrogen and oxygen atoms in total. The molecule has 0 aliphatic carbocycles. The number of carbonyl (C=O) groups excluding carboxylic acids is 1. The van der Waals surface area contributed by atoms with Crippen LogP contribution in [0, 0.1) is 0 Å². The second-order valence-electron chi connectivity index (χ2n) is 3.89. The van der Waals surface area contributed by atoms with Gasteiger partial charge in [-0.25, -0.2) is 4.79 Å². The highest BCUT2D eigenvalue weighted by molar-refractivity contribution is 5.67. The summed E-state index contributed by atoms with van der Waals surface area (Å²) in [6.45, 7) is 1.27. The van der Waals surface area contributed by atoms with Gasteiger partial charge in [-0.3, -0.25) is 4.68 Å². The maximum Gasteiger partial charge on any atom is 0.409 e. The van der Waals surface area contributed by atoms with E-state index in [2.05, 4.69) is 5.10 Å². The average Bonchev–Trinajstić information content (AvgIpc) is 2.47. The minimum absolute atomic E-state index is 0.284. The van der Waals surface area contributed by atoms with Gasteiger partial charge in [0.25, 0.3) is 0 Å². The molecule has 1 amide bonds. The third kappa shape index (κ3) is 1.70. The number of hydrogen-bond donors (Lipinski definition) is 1. The van der Waals surface area contributed by atoms with Gasteiger partial charge in [0.2, 0.25) is 0 Å². The van der Waals surface area contributed by atoms with Gasteiger partial charge in [0.15, 0.2) is 0 Å². The fourth-order valence-electron chi connectivity index (χ4n) is 2.02. The van der Waals surface area contributed by atoms with Gasteiger partial charge in [-0.1, -0.05) is 0 Å². The quantitative estimate of drug-likeness (QED) is 0.681. The Hall–Kier alpha value is -1.72. The van der Waals surface area contributed by atoms with Gasteiger partial charge in [-0.15, -0.1) is 0 Å². The van der Waals surface area contributed by atoms with Crippen LogP contribution in [0.4, 0.5) is 10.6 Å². The lowest BCUT2D eigenvalue weighted by molar-refractivity contribution is 0.125. The molecule has 0 saturated heterocycles. The number of ether oxygens (including phenoxy) is 1. The molecule has 2 rings (SSSR count). The molecule has 1 aliphatic rings. The summed E-state index contributed by atoms with van der Waals surface area (Å²) in [4.78, 5) is 13.1. The Morgan fingerprint density at radius 3 is 2.81 bits per heavy atom. The predicted molar refractivity (Wildman–Crippen MR) is 59.0 cm³/mol. The van der Waals surface area contributed by atoms with Crippen LogP contribution in [0.15, 0.2) is 0 Å². The van der Waals surface area contributed by atoms with E-state index in [1.165, 1.54) is 7.11 Å². The van der Waals surface area contributed by atoms with E-state index in [0.29, 0.717) is 18.9 Å². The van der Waals surface area contributed by atoms with Crippen LogP contribution in [-0.4, -0.2) is 41.0 Å². The van der Waals surface area contributed by atoms with Gasteiger partial charge < -0.3 is 15.4 Å². The average molecular weight is 224 g/mol. The van der Waals surface area contributed by atoms with E-state index in [4.69, 9.17) is 10.5 Å². The summed E-state index contributed by atoms with van der Waals surface area (Å²) in [6, 6.07) is 0. The number of nitrogens with zero attached hydrogens (tertiary/aromatic N) is 3. The Balaban J connectivity index is 2.17. The first-order valence-corrected chi connectivity index (χ1v) is 5.26. The van der Waals surface area contributed by atoms with E-state index >= 15 is 0 Å². The van der Waals surface area contributed by atoms with Crippen molar-refractivity contribution in [1.29, 1.82) is 0 Å². The van der Waals surface area contributed by atoms with E-state index in [1.54, 1.807) is 9.58 Å². The first kappa shape index (κ1) is 10.8. The summed E-state index contributed by atoms with van der Waals surface area (Å²) >= 11 is 0. The number of methoxy groups -OCH3 is 1. The molecule has 1 aliphatic heterocycles. The van der Waals surface area contributed by atoms with E-state index < -0.39 is 0 Å². The number of fused-ring (bicyclic) bond motifs is 1. The van der Waals surface area contributed by atoms with Gasteiger partial charge in [-0.05, 0) is 6.42 Å². The maximum atomic E-state index is 11.4. The largest absolute Gasteiger partial charge is 0.453 e. The highest BCUT2D eigenvalue weighted by atomic mass is 16.5. The molecule has 6 heteroatoms. The molecular weight excluding hydrogens is 208 g/mol. The number of amides is 1. The van der Waals surface area contributed by atoms with Crippen molar-refractivity contribution < 1.29 is 9.53 Å². The summed E-state index contributed by atoms with van der Waals surface area (Å²) in [7, 11) is 3.23. The highest BCUT2D eigenvalue weighted by Crippen LogP contribution is 2.20. The number of nitrogen functional groups attached to an aromatic ring is 1. The zero-order chi connectivity index (χ0) is 11.7. The molecule has 0 bridgehead atoms. The fourth-order valence-corrected chi connectivity index (χ4v) is 2.02. The smallest absolute Gasteiger partial charge is 0.409 e. The highest BCUT2D eigenvalue weighted by Gasteiger charge is 2.22. The molecule has 16 heavy (non-hydrogen) atoms. The van der Waals surface area contributed by atoms with Crippen LogP contribution >= 0.6 is 0 Å². The van der Waals surface area contributed by atoms with Crippen LogP contribution < -0.4 is 5.73 Å². The molecule has 0 unspecified atom stereocenters. The van der Waals surface area contributed by atoms with E-state index in [-0.39, 0.29) is 6.09 Å². The van der Waals surface area contributed by atoms with Crippen LogP contribution in [0.2, 0.25) is 0 Å². The topological polar surface area (TPSA) is 73.4 Å². The lowest BCUT2D eigenvalue weighted by Crippen LogP contribution is -2.33. The molecule has 2 N–H and O–H groups in total. The second kappa shape index (κ2) is 4.03. The van der Waals surface area contributed by atoms with Crippen LogP contribution in [-0.2, 0) is 24.6 Å². The van der Waals surface area contributed by atoms with Crippen LogP contribution in [0.3, 0.4) is 0 Å². The number of carbonyl (C=O) groups is 1. The third-order valence-corrected chi connectivity index (χ3v) is 2.96. The van der Waals surface area contributed by atoms with Crippen molar-refractivity contribution in [3.63, 3.8) is 0 Å². The number of aryl methyl sites for hydroxylation is 1. The fraction of sp³-hybridized carbons (Fsp3) is 0.600. The van der Waals surface area contributed by atoms with Crippen molar-refractivity contribution >= 4 is 11.9 Å². The standard InChI is InChI=1S/C10H16N4O2/c1-13-9(11)7-3-5-14(10(15)16-2)6-4-8(7)12-13/h3-6,11H2,1-2H3. The van der Waals surface area contributed by atoms with E-state index in [0.717, 1.165) is 24.1 Å². The van der Waals surface area contributed by atoms with Crippen molar-refractivity contribution in [2.75, 3.05) is 25.9 Å².